The van der Waals surface area contributed by atoms with Crippen molar-refractivity contribution >= 4 is 29.1 Å². The van der Waals surface area contributed by atoms with Gasteiger partial charge in [-0.3, -0.25) is 14.4 Å². The quantitative estimate of drug-likeness (QED) is 0.891. The van der Waals surface area contributed by atoms with Crippen LogP contribution in [0.25, 0.3) is 0 Å². The van der Waals surface area contributed by atoms with Crippen molar-refractivity contribution in [2.24, 2.45) is 0 Å². The van der Waals surface area contributed by atoms with Crippen molar-refractivity contribution in [2.75, 3.05) is 19.6 Å². The standard InChI is InChI=1S/C18H25N3O3S/c1-13(22)19-14-6-4-9-20(12-14)17(23)15-7-2-3-10-21(15)18(24)16-8-5-11-25-16/h5,8,11,14-15H,2-4,6-7,9-10,12H2,1H3,(H,19,22). The molecule has 2 unspecified atom stereocenters. The highest BCUT2D eigenvalue weighted by molar-refractivity contribution is 7.12. The van der Waals surface area contributed by atoms with Crippen LogP contribution in [-0.4, -0.2) is 59.2 Å². The number of amides is 3. The summed E-state index contributed by atoms with van der Waals surface area (Å²) in [4.78, 5) is 41.4. The van der Waals surface area contributed by atoms with Crippen LogP contribution in [0.4, 0.5) is 0 Å². The van der Waals surface area contributed by atoms with Crippen LogP contribution in [0.5, 0.6) is 0 Å². The molecule has 0 aromatic carbocycles. The summed E-state index contributed by atoms with van der Waals surface area (Å²) < 4.78 is 0. The van der Waals surface area contributed by atoms with Crippen LogP contribution < -0.4 is 5.32 Å². The summed E-state index contributed by atoms with van der Waals surface area (Å²) in [5.74, 6) is -0.0745. The number of thiophene rings is 1. The number of nitrogens with zero attached hydrogens (tertiary/aromatic N) is 2. The molecule has 0 bridgehead atoms. The summed E-state index contributed by atoms with van der Waals surface area (Å²) in [5, 5.41) is 4.80. The number of likely N-dealkylation sites (tertiary alicyclic amines) is 2. The molecule has 7 heteroatoms. The third-order valence-corrected chi connectivity index (χ3v) is 5.78. The zero-order chi connectivity index (χ0) is 17.8. The van der Waals surface area contributed by atoms with Gasteiger partial charge in [0.05, 0.1) is 4.88 Å². The van der Waals surface area contributed by atoms with Crippen molar-refractivity contribution in [3.8, 4) is 0 Å². The zero-order valence-corrected chi connectivity index (χ0v) is 15.4. The number of hydrogen-bond donors (Lipinski definition) is 1. The van der Waals surface area contributed by atoms with Crippen molar-refractivity contribution in [2.45, 2.75) is 51.1 Å². The number of carbonyl (C=O) groups excluding carboxylic acids is 3. The second-order valence-corrected chi connectivity index (χ2v) is 7.76. The van der Waals surface area contributed by atoms with Crippen LogP contribution in [0.1, 0.15) is 48.7 Å². The molecule has 136 valence electrons. The Hall–Kier alpha value is -1.89. The molecule has 2 atom stereocenters. The van der Waals surface area contributed by atoms with Gasteiger partial charge in [-0.05, 0) is 43.6 Å². The monoisotopic (exact) mass is 363 g/mol. The number of hydrogen-bond acceptors (Lipinski definition) is 4. The summed E-state index contributed by atoms with van der Waals surface area (Å²) in [6, 6.07) is 3.32. The Kier molecular flexibility index (Phi) is 5.73. The zero-order valence-electron chi connectivity index (χ0n) is 14.6. The molecule has 3 heterocycles. The Labute approximate surface area is 152 Å². The lowest BCUT2D eigenvalue weighted by Gasteiger charge is -2.40. The largest absolute Gasteiger partial charge is 0.352 e. The molecule has 25 heavy (non-hydrogen) atoms. The predicted octanol–water partition coefficient (Wildman–Crippen LogP) is 1.87. The molecular weight excluding hydrogens is 338 g/mol. The maximum atomic E-state index is 13.1. The average molecular weight is 363 g/mol. The smallest absolute Gasteiger partial charge is 0.264 e. The van der Waals surface area contributed by atoms with Crippen molar-refractivity contribution in [1.82, 2.24) is 15.1 Å². The summed E-state index contributed by atoms with van der Waals surface area (Å²) in [7, 11) is 0. The summed E-state index contributed by atoms with van der Waals surface area (Å²) in [6.45, 7) is 3.38. The van der Waals surface area contributed by atoms with Gasteiger partial charge >= 0.3 is 0 Å². The summed E-state index contributed by atoms with van der Waals surface area (Å²) in [6.07, 6.45) is 4.40. The Morgan fingerprint density at radius 1 is 1.16 bits per heavy atom. The number of piperidine rings is 2. The molecule has 1 aromatic heterocycles. The maximum Gasteiger partial charge on any atom is 0.264 e. The molecule has 1 aromatic rings. The van der Waals surface area contributed by atoms with Gasteiger partial charge in [0, 0.05) is 32.6 Å². The molecular formula is C18H25N3O3S. The van der Waals surface area contributed by atoms with E-state index in [1.807, 2.05) is 22.4 Å². The fourth-order valence-electron chi connectivity index (χ4n) is 3.77. The third-order valence-electron chi connectivity index (χ3n) is 4.92. The number of nitrogens with one attached hydrogen (secondary N) is 1. The predicted molar refractivity (Wildman–Crippen MR) is 96.4 cm³/mol. The highest BCUT2D eigenvalue weighted by atomic mass is 32.1. The minimum absolute atomic E-state index is 0.0141. The van der Waals surface area contributed by atoms with E-state index in [0.29, 0.717) is 24.5 Å². The molecule has 6 nitrogen and oxygen atoms in total. The van der Waals surface area contributed by atoms with Crippen molar-refractivity contribution in [3.05, 3.63) is 22.4 Å². The topological polar surface area (TPSA) is 69.7 Å². The third kappa shape index (κ3) is 4.21. The first-order chi connectivity index (χ1) is 12.1. The second kappa shape index (κ2) is 7.99. The van der Waals surface area contributed by atoms with Gasteiger partial charge in [-0.1, -0.05) is 6.07 Å². The lowest BCUT2D eigenvalue weighted by molar-refractivity contribution is -0.139. The van der Waals surface area contributed by atoms with E-state index in [2.05, 4.69) is 5.32 Å². The minimum Gasteiger partial charge on any atom is -0.352 e. The van der Waals surface area contributed by atoms with E-state index in [-0.39, 0.29) is 29.8 Å². The van der Waals surface area contributed by atoms with Gasteiger partial charge in [0.25, 0.3) is 5.91 Å². The molecule has 3 amide bonds. The molecule has 0 spiro atoms. The Bertz CT molecular complexity index is 632. The fourth-order valence-corrected chi connectivity index (χ4v) is 4.45. The first-order valence-electron chi connectivity index (χ1n) is 8.96. The fraction of sp³-hybridized carbons (Fsp3) is 0.611. The Morgan fingerprint density at radius 3 is 2.72 bits per heavy atom. The lowest BCUT2D eigenvalue weighted by atomic mass is 9.98. The molecule has 1 N–H and O–H groups in total. The highest BCUT2D eigenvalue weighted by Gasteiger charge is 2.36. The van der Waals surface area contributed by atoms with E-state index in [1.165, 1.54) is 18.3 Å². The average Bonchev–Trinajstić information content (AvgIpc) is 3.15. The van der Waals surface area contributed by atoms with Gasteiger partial charge in [0.1, 0.15) is 6.04 Å². The SMILES string of the molecule is CC(=O)NC1CCCN(C(=O)C2CCCCN2C(=O)c2cccs2)C1. The number of carbonyl (C=O) groups is 3. The van der Waals surface area contributed by atoms with Crippen LogP contribution in [-0.2, 0) is 9.59 Å². The molecule has 2 aliphatic heterocycles. The molecule has 2 saturated heterocycles. The van der Waals surface area contributed by atoms with Gasteiger partial charge in [-0.15, -0.1) is 11.3 Å². The van der Waals surface area contributed by atoms with Gasteiger partial charge in [0.15, 0.2) is 0 Å². The second-order valence-electron chi connectivity index (χ2n) is 6.81. The van der Waals surface area contributed by atoms with Gasteiger partial charge in [0.2, 0.25) is 11.8 Å². The van der Waals surface area contributed by atoms with E-state index in [4.69, 9.17) is 0 Å². The normalized spacial score (nSPS) is 24.0. The first kappa shape index (κ1) is 17.9. The Balaban J connectivity index is 1.70. The summed E-state index contributed by atoms with van der Waals surface area (Å²) in [5.41, 5.74) is 0. The molecule has 0 aliphatic carbocycles. The van der Waals surface area contributed by atoms with E-state index in [0.717, 1.165) is 32.1 Å². The van der Waals surface area contributed by atoms with Crippen LogP contribution in [0, 0.1) is 0 Å². The molecule has 2 aliphatic rings. The van der Waals surface area contributed by atoms with Gasteiger partial charge in [-0.2, -0.15) is 0 Å². The summed E-state index contributed by atoms with van der Waals surface area (Å²) >= 11 is 1.42. The van der Waals surface area contributed by atoms with Crippen LogP contribution >= 0.6 is 11.3 Å². The van der Waals surface area contributed by atoms with E-state index in [1.54, 1.807) is 4.90 Å². The van der Waals surface area contributed by atoms with Crippen molar-refractivity contribution in [1.29, 1.82) is 0 Å². The molecule has 0 saturated carbocycles. The molecule has 0 radical (unpaired) electrons. The van der Waals surface area contributed by atoms with Gasteiger partial charge < -0.3 is 15.1 Å². The van der Waals surface area contributed by atoms with Crippen LogP contribution in [0.3, 0.4) is 0 Å². The minimum atomic E-state index is -0.376. The first-order valence-corrected chi connectivity index (χ1v) is 9.84. The number of rotatable bonds is 3. The Morgan fingerprint density at radius 2 is 2.00 bits per heavy atom. The van der Waals surface area contributed by atoms with E-state index < -0.39 is 0 Å². The van der Waals surface area contributed by atoms with Crippen molar-refractivity contribution in [3.63, 3.8) is 0 Å². The maximum absolute atomic E-state index is 13.1. The highest BCUT2D eigenvalue weighted by Crippen LogP contribution is 2.24. The van der Waals surface area contributed by atoms with Crippen LogP contribution in [0.15, 0.2) is 17.5 Å². The lowest BCUT2D eigenvalue weighted by Crippen LogP contribution is -2.57. The van der Waals surface area contributed by atoms with Crippen LogP contribution in [0.2, 0.25) is 0 Å². The van der Waals surface area contributed by atoms with Crippen molar-refractivity contribution < 1.29 is 14.4 Å². The van der Waals surface area contributed by atoms with E-state index >= 15 is 0 Å². The van der Waals surface area contributed by atoms with E-state index in [9.17, 15) is 14.4 Å². The van der Waals surface area contributed by atoms with Gasteiger partial charge in [-0.25, -0.2) is 0 Å². The molecule has 3 rings (SSSR count). The molecule has 2 fully saturated rings.